The molecule has 18 heavy (non-hydrogen) atoms. The Morgan fingerprint density at radius 3 is 2.33 bits per heavy atom. The van der Waals surface area contributed by atoms with E-state index in [9.17, 15) is 0 Å². The SMILES string of the molecule is CC(C)C(CNc1ccc(Cl)c(CO)n1)C(C)C. The molecule has 0 atom stereocenters. The molecule has 0 saturated heterocycles. The van der Waals surface area contributed by atoms with Gasteiger partial charge in [-0.2, -0.15) is 0 Å². The van der Waals surface area contributed by atoms with Crippen molar-refractivity contribution in [3.05, 3.63) is 22.8 Å². The summed E-state index contributed by atoms with van der Waals surface area (Å²) in [5, 5.41) is 13.0. The standard InChI is InChI=1S/C14H23ClN2O/c1-9(2)11(10(3)4)7-16-14-6-5-12(15)13(8-18)17-14/h5-6,9-11,18H,7-8H2,1-4H3,(H,16,17). The Kier molecular flexibility index (Phi) is 5.89. The Bertz CT molecular complexity index is 372. The number of pyridine rings is 1. The van der Waals surface area contributed by atoms with Crippen LogP contribution in [0, 0.1) is 17.8 Å². The van der Waals surface area contributed by atoms with Crippen LogP contribution in [0.2, 0.25) is 5.02 Å². The summed E-state index contributed by atoms with van der Waals surface area (Å²) >= 11 is 5.91. The van der Waals surface area contributed by atoms with Crippen molar-refractivity contribution < 1.29 is 5.11 Å². The molecule has 0 spiro atoms. The van der Waals surface area contributed by atoms with E-state index in [1.54, 1.807) is 6.07 Å². The summed E-state index contributed by atoms with van der Waals surface area (Å²) in [6, 6.07) is 3.61. The van der Waals surface area contributed by atoms with Gasteiger partial charge in [-0.1, -0.05) is 39.3 Å². The fourth-order valence-corrected chi connectivity index (χ4v) is 2.32. The molecule has 0 bridgehead atoms. The molecular formula is C14H23ClN2O. The zero-order chi connectivity index (χ0) is 13.7. The van der Waals surface area contributed by atoms with Crippen molar-refractivity contribution in [1.29, 1.82) is 0 Å². The molecule has 0 fully saturated rings. The minimum absolute atomic E-state index is 0.133. The predicted molar refractivity (Wildman–Crippen MR) is 76.8 cm³/mol. The van der Waals surface area contributed by atoms with Gasteiger partial charge in [0.05, 0.1) is 17.3 Å². The fourth-order valence-electron chi connectivity index (χ4n) is 2.16. The summed E-state index contributed by atoms with van der Waals surface area (Å²) in [5.74, 6) is 2.62. The Morgan fingerprint density at radius 2 is 1.83 bits per heavy atom. The van der Waals surface area contributed by atoms with Gasteiger partial charge in [0.25, 0.3) is 0 Å². The summed E-state index contributed by atoms with van der Waals surface area (Å²) in [5.41, 5.74) is 0.521. The average molecular weight is 271 g/mol. The summed E-state index contributed by atoms with van der Waals surface area (Å²) in [6.45, 7) is 9.70. The van der Waals surface area contributed by atoms with Gasteiger partial charge in [-0.15, -0.1) is 0 Å². The average Bonchev–Trinajstić information content (AvgIpc) is 2.30. The van der Waals surface area contributed by atoms with E-state index in [0.29, 0.717) is 28.5 Å². The minimum Gasteiger partial charge on any atom is -0.390 e. The maximum atomic E-state index is 9.12. The molecule has 1 rings (SSSR count). The molecule has 0 aliphatic rings. The number of aliphatic hydroxyl groups excluding tert-OH is 1. The highest BCUT2D eigenvalue weighted by molar-refractivity contribution is 6.31. The van der Waals surface area contributed by atoms with E-state index in [0.717, 1.165) is 12.4 Å². The van der Waals surface area contributed by atoms with Crippen LogP contribution in [0.25, 0.3) is 0 Å². The normalized spacial score (nSPS) is 11.6. The Labute approximate surface area is 115 Å². The van der Waals surface area contributed by atoms with E-state index in [-0.39, 0.29) is 6.61 Å². The van der Waals surface area contributed by atoms with Crippen LogP contribution in [0.3, 0.4) is 0 Å². The molecule has 1 aromatic heterocycles. The first-order valence-electron chi connectivity index (χ1n) is 6.45. The van der Waals surface area contributed by atoms with Crippen LogP contribution < -0.4 is 5.32 Å². The molecule has 0 radical (unpaired) electrons. The van der Waals surface area contributed by atoms with Gasteiger partial charge in [-0.3, -0.25) is 0 Å². The van der Waals surface area contributed by atoms with Gasteiger partial charge in [0.15, 0.2) is 0 Å². The van der Waals surface area contributed by atoms with Crippen molar-refractivity contribution >= 4 is 17.4 Å². The smallest absolute Gasteiger partial charge is 0.126 e. The van der Waals surface area contributed by atoms with E-state index < -0.39 is 0 Å². The molecule has 0 aliphatic heterocycles. The van der Waals surface area contributed by atoms with Crippen molar-refractivity contribution in [2.75, 3.05) is 11.9 Å². The van der Waals surface area contributed by atoms with Crippen molar-refractivity contribution in [3.8, 4) is 0 Å². The number of anilines is 1. The van der Waals surface area contributed by atoms with Crippen LogP contribution in [0.1, 0.15) is 33.4 Å². The second kappa shape index (κ2) is 6.95. The largest absolute Gasteiger partial charge is 0.390 e. The second-order valence-corrected chi connectivity index (χ2v) is 5.72. The molecule has 3 nitrogen and oxygen atoms in total. The molecule has 0 saturated carbocycles. The van der Waals surface area contributed by atoms with Crippen LogP contribution in [-0.2, 0) is 6.61 Å². The summed E-state index contributed by atoms with van der Waals surface area (Å²) in [7, 11) is 0. The van der Waals surface area contributed by atoms with Gasteiger partial charge >= 0.3 is 0 Å². The number of nitrogens with zero attached hydrogens (tertiary/aromatic N) is 1. The van der Waals surface area contributed by atoms with Gasteiger partial charge < -0.3 is 10.4 Å². The molecule has 0 aliphatic carbocycles. The second-order valence-electron chi connectivity index (χ2n) is 5.32. The number of aliphatic hydroxyl groups is 1. The molecule has 1 aromatic rings. The lowest BCUT2D eigenvalue weighted by molar-refractivity contribution is 0.277. The third kappa shape index (κ3) is 4.14. The fraction of sp³-hybridized carbons (Fsp3) is 0.643. The number of hydrogen-bond acceptors (Lipinski definition) is 3. The number of rotatable bonds is 6. The topological polar surface area (TPSA) is 45.1 Å². The molecule has 0 aromatic carbocycles. The maximum Gasteiger partial charge on any atom is 0.126 e. The molecule has 102 valence electrons. The predicted octanol–water partition coefficient (Wildman–Crippen LogP) is 3.57. The van der Waals surface area contributed by atoms with E-state index >= 15 is 0 Å². The number of aromatic nitrogens is 1. The molecular weight excluding hydrogens is 248 g/mol. The highest BCUT2D eigenvalue weighted by Crippen LogP contribution is 2.22. The molecule has 4 heteroatoms. The quantitative estimate of drug-likeness (QED) is 0.831. The third-order valence-corrected chi connectivity index (χ3v) is 3.64. The van der Waals surface area contributed by atoms with E-state index in [1.165, 1.54) is 0 Å². The lowest BCUT2D eigenvalue weighted by atomic mass is 9.85. The number of halogens is 1. The first kappa shape index (κ1) is 15.3. The van der Waals surface area contributed by atoms with Crippen molar-refractivity contribution in [2.45, 2.75) is 34.3 Å². The van der Waals surface area contributed by atoms with Crippen LogP contribution >= 0.6 is 11.6 Å². The summed E-state index contributed by atoms with van der Waals surface area (Å²) in [6.07, 6.45) is 0. The first-order valence-corrected chi connectivity index (χ1v) is 6.83. The highest BCUT2D eigenvalue weighted by atomic mass is 35.5. The summed E-state index contributed by atoms with van der Waals surface area (Å²) < 4.78 is 0. The number of hydrogen-bond donors (Lipinski definition) is 2. The van der Waals surface area contributed by atoms with Crippen LogP contribution in [0.15, 0.2) is 12.1 Å². The zero-order valence-electron chi connectivity index (χ0n) is 11.6. The molecule has 1 heterocycles. The van der Waals surface area contributed by atoms with Gasteiger partial charge in [0.1, 0.15) is 5.82 Å². The lowest BCUT2D eigenvalue weighted by Gasteiger charge is -2.25. The van der Waals surface area contributed by atoms with Gasteiger partial charge in [-0.05, 0) is 29.9 Å². The van der Waals surface area contributed by atoms with Crippen LogP contribution in [-0.4, -0.2) is 16.6 Å². The minimum atomic E-state index is -0.133. The lowest BCUT2D eigenvalue weighted by Crippen LogP contribution is -2.24. The Balaban J connectivity index is 2.67. The zero-order valence-corrected chi connectivity index (χ0v) is 12.3. The van der Waals surface area contributed by atoms with Gasteiger partial charge in [0, 0.05) is 6.54 Å². The third-order valence-electron chi connectivity index (χ3n) is 3.30. The van der Waals surface area contributed by atoms with E-state index in [1.807, 2.05) is 6.07 Å². The van der Waals surface area contributed by atoms with Crippen molar-refractivity contribution in [1.82, 2.24) is 4.98 Å². The highest BCUT2D eigenvalue weighted by Gasteiger charge is 2.17. The van der Waals surface area contributed by atoms with Crippen molar-refractivity contribution in [2.24, 2.45) is 17.8 Å². The van der Waals surface area contributed by atoms with Crippen LogP contribution in [0.5, 0.6) is 0 Å². The van der Waals surface area contributed by atoms with Gasteiger partial charge in [-0.25, -0.2) is 4.98 Å². The first-order chi connectivity index (χ1) is 8.45. The maximum absolute atomic E-state index is 9.12. The monoisotopic (exact) mass is 270 g/mol. The number of nitrogens with one attached hydrogen (secondary N) is 1. The summed E-state index contributed by atoms with van der Waals surface area (Å²) in [4.78, 5) is 4.29. The molecule has 2 N–H and O–H groups in total. The Hall–Kier alpha value is -0.800. The van der Waals surface area contributed by atoms with E-state index in [4.69, 9.17) is 16.7 Å². The van der Waals surface area contributed by atoms with Crippen LogP contribution in [0.4, 0.5) is 5.82 Å². The Morgan fingerprint density at radius 1 is 1.22 bits per heavy atom. The van der Waals surface area contributed by atoms with E-state index in [2.05, 4.69) is 38.0 Å². The molecule has 0 amide bonds. The molecule has 0 unspecified atom stereocenters. The van der Waals surface area contributed by atoms with Gasteiger partial charge in [0.2, 0.25) is 0 Å². The van der Waals surface area contributed by atoms with Crippen molar-refractivity contribution in [3.63, 3.8) is 0 Å².